The highest BCUT2D eigenvalue weighted by molar-refractivity contribution is 6.31. The van der Waals surface area contributed by atoms with E-state index in [4.69, 9.17) is 11.6 Å². The van der Waals surface area contributed by atoms with E-state index in [1.807, 2.05) is 30.3 Å². The molecule has 1 aromatic heterocycles. The molecule has 0 spiro atoms. The predicted molar refractivity (Wildman–Crippen MR) is 96.4 cm³/mol. The number of pyridine rings is 1. The highest BCUT2D eigenvalue weighted by Gasteiger charge is 2.07. The first-order valence-corrected chi connectivity index (χ1v) is 8.10. The van der Waals surface area contributed by atoms with Crippen LogP contribution in [0.5, 0.6) is 0 Å². The van der Waals surface area contributed by atoms with Crippen LogP contribution in [0.4, 0.5) is 0 Å². The molecule has 1 heterocycles. The van der Waals surface area contributed by atoms with Gasteiger partial charge < -0.3 is 9.88 Å². The van der Waals surface area contributed by atoms with Crippen molar-refractivity contribution in [2.75, 3.05) is 6.54 Å². The normalized spacial score (nSPS) is 10.7. The summed E-state index contributed by atoms with van der Waals surface area (Å²) in [4.78, 5) is 24.1. The van der Waals surface area contributed by atoms with Crippen molar-refractivity contribution in [1.29, 1.82) is 0 Å². The van der Waals surface area contributed by atoms with Crippen LogP contribution in [-0.2, 0) is 17.8 Å². The van der Waals surface area contributed by atoms with E-state index in [1.54, 1.807) is 29.0 Å². The van der Waals surface area contributed by atoms with Gasteiger partial charge in [0.1, 0.15) is 6.54 Å². The molecule has 0 aliphatic heterocycles. The third-order valence-corrected chi connectivity index (χ3v) is 4.07. The van der Waals surface area contributed by atoms with Gasteiger partial charge in [-0.2, -0.15) is 0 Å². The molecular formula is C19H17ClN2O2. The second-order valence-electron chi connectivity index (χ2n) is 5.55. The minimum atomic E-state index is -0.103. The average Bonchev–Trinajstić information content (AvgIpc) is 2.58. The SMILES string of the molecule is O=C(Cn1ccc(=O)c2cc(Cl)ccc21)NCCc1ccccc1. The molecule has 1 amide bonds. The Labute approximate surface area is 144 Å². The van der Waals surface area contributed by atoms with Gasteiger partial charge in [0.05, 0.1) is 5.52 Å². The molecular weight excluding hydrogens is 324 g/mol. The number of halogens is 1. The number of carbonyl (C=O) groups excluding carboxylic acids is 1. The maximum absolute atomic E-state index is 12.2. The molecule has 0 saturated heterocycles. The molecule has 1 N–H and O–H groups in total. The number of amides is 1. The van der Waals surface area contributed by atoms with E-state index >= 15 is 0 Å². The fourth-order valence-corrected chi connectivity index (χ4v) is 2.80. The van der Waals surface area contributed by atoms with Gasteiger partial charge in [-0.15, -0.1) is 0 Å². The standard InChI is InChI=1S/C19H17ClN2O2/c20-15-6-7-17-16(12-15)18(23)9-11-22(17)13-19(24)21-10-8-14-4-2-1-3-5-14/h1-7,9,11-12H,8,10,13H2,(H,21,24). The first kappa shape index (κ1) is 16.3. The van der Waals surface area contributed by atoms with Gasteiger partial charge in [-0.25, -0.2) is 0 Å². The molecule has 24 heavy (non-hydrogen) atoms. The summed E-state index contributed by atoms with van der Waals surface area (Å²) in [6, 6.07) is 16.6. The summed E-state index contributed by atoms with van der Waals surface area (Å²) in [6.07, 6.45) is 2.42. The van der Waals surface area contributed by atoms with Crippen molar-refractivity contribution in [1.82, 2.24) is 9.88 Å². The van der Waals surface area contributed by atoms with E-state index < -0.39 is 0 Å². The Kier molecular flexibility index (Phi) is 4.96. The molecule has 0 radical (unpaired) electrons. The first-order valence-electron chi connectivity index (χ1n) is 7.73. The minimum absolute atomic E-state index is 0.0918. The van der Waals surface area contributed by atoms with Crippen molar-refractivity contribution in [3.8, 4) is 0 Å². The third-order valence-electron chi connectivity index (χ3n) is 3.83. The Bertz CT molecular complexity index is 920. The molecule has 0 aliphatic rings. The maximum atomic E-state index is 12.2. The van der Waals surface area contributed by atoms with E-state index in [2.05, 4.69) is 5.32 Å². The summed E-state index contributed by atoms with van der Waals surface area (Å²) in [5, 5.41) is 3.93. The van der Waals surface area contributed by atoms with Crippen molar-refractivity contribution in [3.63, 3.8) is 0 Å². The number of fused-ring (bicyclic) bond motifs is 1. The number of aromatic nitrogens is 1. The number of nitrogens with zero attached hydrogens (tertiary/aromatic N) is 1. The van der Waals surface area contributed by atoms with Crippen molar-refractivity contribution in [3.05, 3.63) is 81.6 Å². The predicted octanol–water partition coefficient (Wildman–Crippen LogP) is 3.01. The van der Waals surface area contributed by atoms with Gasteiger partial charge in [0.15, 0.2) is 5.43 Å². The fraction of sp³-hybridized carbons (Fsp3) is 0.158. The number of hydrogen-bond acceptors (Lipinski definition) is 2. The molecule has 0 atom stereocenters. The van der Waals surface area contributed by atoms with Gasteiger partial charge in [-0.1, -0.05) is 41.9 Å². The zero-order valence-electron chi connectivity index (χ0n) is 13.0. The molecule has 0 saturated carbocycles. The van der Waals surface area contributed by atoms with Crippen molar-refractivity contribution < 1.29 is 4.79 Å². The second kappa shape index (κ2) is 7.32. The van der Waals surface area contributed by atoms with Gasteiger partial charge in [-0.05, 0) is 30.2 Å². The van der Waals surface area contributed by atoms with Crippen LogP contribution in [0.15, 0.2) is 65.6 Å². The van der Waals surface area contributed by atoms with E-state index in [1.165, 1.54) is 11.6 Å². The monoisotopic (exact) mass is 340 g/mol. The van der Waals surface area contributed by atoms with Gasteiger partial charge in [0, 0.05) is 29.2 Å². The van der Waals surface area contributed by atoms with Gasteiger partial charge in [0.25, 0.3) is 0 Å². The molecule has 2 aromatic carbocycles. The van der Waals surface area contributed by atoms with Crippen LogP contribution < -0.4 is 10.7 Å². The zero-order chi connectivity index (χ0) is 16.9. The molecule has 0 aliphatic carbocycles. The van der Waals surface area contributed by atoms with Crippen molar-refractivity contribution in [2.45, 2.75) is 13.0 Å². The Morgan fingerprint density at radius 3 is 2.67 bits per heavy atom. The highest BCUT2D eigenvalue weighted by Crippen LogP contribution is 2.16. The molecule has 3 aromatic rings. The smallest absolute Gasteiger partial charge is 0.239 e. The number of rotatable bonds is 5. The summed E-state index contributed by atoms with van der Waals surface area (Å²) in [6.45, 7) is 0.736. The number of nitrogens with one attached hydrogen (secondary N) is 1. The Balaban J connectivity index is 1.67. The summed E-state index contributed by atoms with van der Waals surface area (Å²) < 4.78 is 1.75. The summed E-state index contributed by atoms with van der Waals surface area (Å²) in [5.41, 5.74) is 1.78. The van der Waals surface area contributed by atoms with Crippen LogP contribution >= 0.6 is 11.6 Å². The van der Waals surface area contributed by atoms with Crippen LogP contribution in [-0.4, -0.2) is 17.0 Å². The molecule has 0 bridgehead atoms. The Hall–Kier alpha value is -2.59. The van der Waals surface area contributed by atoms with Crippen LogP contribution in [0.2, 0.25) is 5.02 Å². The maximum Gasteiger partial charge on any atom is 0.239 e. The number of benzene rings is 2. The minimum Gasteiger partial charge on any atom is -0.354 e. The summed E-state index contributed by atoms with van der Waals surface area (Å²) in [7, 11) is 0. The summed E-state index contributed by atoms with van der Waals surface area (Å²) >= 11 is 5.95. The van der Waals surface area contributed by atoms with Crippen LogP contribution in [0, 0.1) is 0 Å². The number of hydrogen-bond donors (Lipinski definition) is 1. The van der Waals surface area contributed by atoms with Crippen LogP contribution in [0.25, 0.3) is 10.9 Å². The molecule has 3 rings (SSSR count). The zero-order valence-corrected chi connectivity index (χ0v) is 13.8. The van der Waals surface area contributed by atoms with Crippen LogP contribution in [0.1, 0.15) is 5.56 Å². The lowest BCUT2D eigenvalue weighted by atomic mass is 10.1. The summed E-state index contributed by atoms with van der Waals surface area (Å²) in [5.74, 6) is -0.0918. The van der Waals surface area contributed by atoms with Gasteiger partial charge in [-0.3, -0.25) is 9.59 Å². The molecule has 0 unspecified atom stereocenters. The average molecular weight is 341 g/mol. The molecule has 0 fully saturated rings. The van der Waals surface area contributed by atoms with Gasteiger partial charge >= 0.3 is 0 Å². The molecule has 5 heteroatoms. The highest BCUT2D eigenvalue weighted by atomic mass is 35.5. The Morgan fingerprint density at radius 1 is 1.08 bits per heavy atom. The third kappa shape index (κ3) is 3.84. The first-order chi connectivity index (χ1) is 11.6. The largest absolute Gasteiger partial charge is 0.354 e. The quantitative estimate of drug-likeness (QED) is 0.776. The van der Waals surface area contributed by atoms with Gasteiger partial charge in [0.2, 0.25) is 5.91 Å². The van der Waals surface area contributed by atoms with Crippen molar-refractivity contribution >= 4 is 28.4 Å². The van der Waals surface area contributed by atoms with E-state index in [9.17, 15) is 9.59 Å². The van der Waals surface area contributed by atoms with E-state index in [0.717, 1.165) is 6.42 Å². The molecule has 4 nitrogen and oxygen atoms in total. The number of carbonyl (C=O) groups is 1. The van der Waals surface area contributed by atoms with E-state index in [0.29, 0.717) is 22.5 Å². The lowest BCUT2D eigenvalue weighted by molar-refractivity contribution is -0.121. The lowest BCUT2D eigenvalue weighted by Gasteiger charge is -2.11. The second-order valence-corrected chi connectivity index (χ2v) is 5.99. The Morgan fingerprint density at radius 2 is 1.88 bits per heavy atom. The topological polar surface area (TPSA) is 51.1 Å². The van der Waals surface area contributed by atoms with Crippen LogP contribution in [0.3, 0.4) is 0 Å². The fourth-order valence-electron chi connectivity index (χ4n) is 2.62. The van der Waals surface area contributed by atoms with Crippen molar-refractivity contribution in [2.24, 2.45) is 0 Å². The van der Waals surface area contributed by atoms with E-state index in [-0.39, 0.29) is 17.9 Å². The molecule has 122 valence electrons. The lowest BCUT2D eigenvalue weighted by Crippen LogP contribution is -2.29.